The number of rotatable bonds is 3. The zero-order valence-electron chi connectivity index (χ0n) is 16.8. The molecule has 9 nitrogen and oxygen atoms in total. The lowest BCUT2D eigenvalue weighted by atomic mass is 10.1. The second-order valence-corrected chi connectivity index (χ2v) is 7.42. The third kappa shape index (κ3) is 3.56. The number of aliphatic hydroxyl groups excluding tert-OH is 2. The maximum atomic E-state index is 13.3. The number of aromatic amines is 1. The normalized spacial score (nSPS) is 21.4. The molecule has 32 heavy (non-hydrogen) atoms. The monoisotopic (exact) mass is 449 g/mol. The lowest BCUT2D eigenvalue weighted by Gasteiger charge is -2.28. The van der Waals surface area contributed by atoms with E-state index < -0.39 is 47.6 Å². The number of fused-ring (bicyclic) bond motifs is 1. The first-order chi connectivity index (χ1) is 15.0. The van der Waals surface area contributed by atoms with Gasteiger partial charge in [0.05, 0.1) is 5.56 Å². The molecular weight excluding hydrogens is 431 g/mol. The Bertz CT molecular complexity index is 1210. The molecule has 3 N–H and O–H groups in total. The van der Waals surface area contributed by atoms with E-state index in [2.05, 4.69) is 15.0 Å². The Morgan fingerprint density at radius 2 is 1.91 bits per heavy atom. The molecule has 4 rings (SSSR count). The molecule has 1 fully saturated rings. The maximum absolute atomic E-state index is 13.3. The van der Waals surface area contributed by atoms with Gasteiger partial charge in [-0.3, -0.25) is 19.4 Å². The highest BCUT2D eigenvalue weighted by Crippen LogP contribution is 2.34. The summed E-state index contributed by atoms with van der Waals surface area (Å²) in [6, 6.07) is 4.67. The molecular formula is C20H18F3N5O4. The Kier molecular flexibility index (Phi) is 5.13. The van der Waals surface area contributed by atoms with Crippen molar-refractivity contribution in [3.05, 3.63) is 47.8 Å². The second kappa shape index (κ2) is 7.57. The number of carbonyl (C=O) groups excluding carboxylic acids is 2. The van der Waals surface area contributed by atoms with Gasteiger partial charge in [-0.05, 0) is 37.3 Å². The molecule has 1 saturated heterocycles. The summed E-state index contributed by atoms with van der Waals surface area (Å²) in [5.41, 5.74) is -0.656. The molecule has 12 heteroatoms. The Morgan fingerprint density at radius 1 is 1.19 bits per heavy atom. The summed E-state index contributed by atoms with van der Waals surface area (Å²) in [5, 5.41) is 21.3. The zero-order chi connectivity index (χ0) is 23.4. The van der Waals surface area contributed by atoms with Crippen molar-refractivity contribution < 1.29 is 33.0 Å². The first-order valence-electron chi connectivity index (χ1n) is 9.46. The van der Waals surface area contributed by atoms with Crippen LogP contribution in [-0.2, 0) is 15.8 Å². The lowest BCUT2D eigenvalue weighted by Crippen LogP contribution is -2.50. The van der Waals surface area contributed by atoms with E-state index in [1.165, 1.54) is 20.0 Å². The van der Waals surface area contributed by atoms with Crippen LogP contribution in [0.3, 0.4) is 0 Å². The molecule has 0 saturated carbocycles. The molecule has 1 aliphatic rings. The van der Waals surface area contributed by atoms with E-state index in [4.69, 9.17) is 0 Å². The number of amides is 2. The van der Waals surface area contributed by atoms with Gasteiger partial charge in [0.25, 0.3) is 11.8 Å². The summed E-state index contributed by atoms with van der Waals surface area (Å²) in [7, 11) is 1.34. The van der Waals surface area contributed by atoms with Gasteiger partial charge in [-0.25, -0.2) is 9.97 Å². The van der Waals surface area contributed by atoms with Crippen molar-refractivity contribution >= 4 is 34.5 Å². The number of hydrogen-bond donors (Lipinski definition) is 3. The number of aromatic nitrogens is 3. The highest BCUT2D eigenvalue weighted by molar-refractivity contribution is 6.10. The average molecular weight is 449 g/mol. The lowest BCUT2D eigenvalue weighted by molar-refractivity contribution is -0.137. The molecule has 0 unspecified atom stereocenters. The number of nitrogens with one attached hydrogen (secondary N) is 1. The maximum Gasteiger partial charge on any atom is 0.416 e. The fourth-order valence-corrected chi connectivity index (χ4v) is 3.62. The summed E-state index contributed by atoms with van der Waals surface area (Å²) < 4.78 is 39.8. The summed E-state index contributed by atoms with van der Waals surface area (Å²) in [6.07, 6.45) is -6.97. The number of aliphatic hydroxyl groups is 2. The Labute approximate surface area is 179 Å². The minimum atomic E-state index is -4.73. The van der Waals surface area contributed by atoms with Crippen LogP contribution in [-0.4, -0.2) is 62.3 Å². The van der Waals surface area contributed by atoms with Crippen molar-refractivity contribution in [3.8, 4) is 0 Å². The predicted octanol–water partition coefficient (Wildman–Crippen LogP) is 1.39. The van der Waals surface area contributed by atoms with Crippen LogP contribution >= 0.6 is 0 Å². The van der Waals surface area contributed by atoms with Crippen LogP contribution in [0, 0.1) is 6.92 Å². The van der Waals surface area contributed by atoms with Crippen LogP contribution in [0.15, 0.2) is 36.5 Å². The molecule has 0 aromatic carbocycles. The Hall–Kier alpha value is -3.51. The van der Waals surface area contributed by atoms with Crippen molar-refractivity contribution in [1.29, 1.82) is 0 Å². The van der Waals surface area contributed by atoms with Crippen LogP contribution in [0.2, 0.25) is 0 Å². The van der Waals surface area contributed by atoms with Crippen LogP contribution in [0.5, 0.6) is 0 Å². The molecule has 3 aromatic rings. The molecule has 0 aliphatic carbocycles. The fourth-order valence-electron chi connectivity index (χ4n) is 3.62. The van der Waals surface area contributed by atoms with Gasteiger partial charge in [0, 0.05) is 24.3 Å². The molecule has 0 radical (unpaired) electrons. The van der Waals surface area contributed by atoms with Gasteiger partial charge in [-0.15, -0.1) is 0 Å². The average Bonchev–Trinajstić information content (AvgIpc) is 3.29. The van der Waals surface area contributed by atoms with Crippen molar-refractivity contribution in [3.63, 3.8) is 0 Å². The third-order valence-corrected chi connectivity index (χ3v) is 5.25. The van der Waals surface area contributed by atoms with Crippen LogP contribution in [0.4, 0.5) is 24.8 Å². The van der Waals surface area contributed by atoms with Gasteiger partial charge in [0.1, 0.15) is 29.4 Å². The van der Waals surface area contributed by atoms with Crippen molar-refractivity contribution in [1.82, 2.24) is 15.0 Å². The van der Waals surface area contributed by atoms with Crippen molar-refractivity contribution in [2.75, 3.05) is 16.8 Å². The summed E-state index contributed by atoms with van der Waals surface area (Å²) in [4.78, 5) is 38.6. The molecule has 0 spiro atoms. The number of nitrogens with zero attached hydrogens (tertiary/aromatic N) is 4. The molecule has 3 atom stereocenters. The number of H-pyrrole nitrogens is 1. The van der Waals surface area contributed by atoms with Crippen molar-refractivity contribution in [2.24, 2.45) is 0 Å². The number of halogens is 3. The molecule has 0 bridgehead atoms. The SMILES string of the molecule is Cc1cc(C(F)(F)F)cc(N2C(=O)[C@@H](O)[C@@H](O)[C@H]2C(=O)N(C)c2ccc3cc[nH]c3n2)n1. The molecule has 3 aromatic heterocycles. The van der Waals surface area contributed by atoms with E-state index in [1.807, 2.05) is 0 Å². The molecule has 168 valence electrons. The smallest absolute Gasteiger partial charge is 0.387 e. The first kappa shape index (κ1) is 21.7. The van der Waals surface area contributed by atoms with Crippen LogP contribution in [0.1, 0.15) is 11.3 Å². The molecule has 4 heterocycles. The number of carbonyl (C=O) groups is 2. The van der Waals surface area contributed by atoms with Crippen molar-refractivity contribution in [2.45, 2.75) is 31.3 Å². The fraction of sp³-hybridized carbons (Fsp3) is 0.300. The van der Waals surface area contributed by atoms with Crippen LogP contribution in [0.25, 0.3) is 11.0 Å². The minimum absolute atomic E-state index is 0.0584. The van der Waals surface area contributed by atoms with Gasteiger partial charge in [0.2, 0.25) is 0 Å². The van der Waals surface area contributed by atoms with E-state index in [9.17, 15) is 33.0 Å². The Balaban J connectivity index is 1.75. The van der Waals surface area contributed by atoms with Gasteiger partial charge in [0.15, 0.2) is 6.10 Å². The Morgan fingerprint density at radius 3 is 2.59 bits per heavy atom. The van der Waals surface area contributed by atoms with Gasteiger partial charge >= 0.3 is 6.18 Å². The first-order valence-corrected chi connectivity index (χ1v) is 9.46. The number of aryl methyl sites for hydroxylation is 1. The standard InChI is InChI=1S/C20H18F3N5O4/c1-9-7-11(20(21,22)23)8-13(25-9)28-14(15(29)16(30)19(28)32)18(31)27(2)12-4-3-10-5-6-24-17(10)26-12/h3-8,14-16,29-30H,1-2H3,(H,24,26)/t14-,15-,16-/m0/s1. The number of pyridine rings is 2. The van der Waals surface area contributed by atoms with Gasteiger partial charge in [-0.2, -0.15) is 13.2 Å². The quantitative estimate of drug-likeness (QED) is 0.556. The van der Waals surface area contributed by atoms with E-state index in [1.54, 1.807) is 18.3 Å². The van der Waals surface area contributed by atoms with Gasteiger partial charge in [-0.1, -0.05) is 0 Å². The molecule has 1 aliphatic heterocycles. The van der Waals surface area contributed by atoms with E-state index in [0.29, 0.717) is 16.6 Å². The summed E-state index contributed by atoms with van der Waals surface area (Å²) in [5.74, 6) is -2.34. The topological polar surface area (TPSA) is 123 Å². The van der Waals surface area contributed by atoms with E-state index in [-0.39, 0.29) is 11.5 Å². The second-order valence-electron chi connectivity index (χ2n) is 7.42. The number of hydrogen-bond acceptors (Lipinski definition) is 6. The summed E-state index contributed by atoms with van der Waals surface area (Å²) in [6.45, 7) is 1.30. The number of likely N-dealkylation sites (N-methyl/N-ethyl adjacent to an activating group) is 1. The van der Waals surface area contributed by atoms with Crippen LogP contribution < -0.4 is 9.80 Å². The largest absolute Gasteiger partial charge is 0.416 e. The third-order valence-electron chi connectivity index (χ3n) is 5.25. The summed E-state index contributed by atoms with van der Waals surface area (Å²) >= 11 is 0. The van der Waals surface area contributed by atoms with Gasteiger partial charge < -0.3 is 15.2 Å². The highest BCUT2D eigenvalue weighted by Gasteiger charge is 2.52. The minimum Gasteiger partial charge on any atom is -0.387 e. The predicted molar refractivity (Wildman–Crippen MR) is 107 cm³/mol. The zero-order valence-corrected chi connectivity index (χ0v) is 16.8. The number of alkyl halides is 3. The van der Waals surface area contributed by atoms with E-state index in [0.717, 1.165) is 16.4 Å². The molecule has 2 amide bonds. The highest BCUT2D eigenvalue weighted by atomic mass is 19.4. The number of anilines is 2. The van der Waals surface area contributed by atoms with E-state index >= 15 is 0 Å².